The first-order chi connectivity index (χ1) is 15.2. The zero-order valence-electron chi connectivity index (χ0n) is 21.1. The number of unbranched alkanes of at least 4 members (excludes halogenated alkanes) is 2. The van der Waals surface area contributed by atoms with Crippen molar-refractivity contribution in [1.29, 1.82) is 0 Å². The molecule has 1 amide bonds. The second kappa shape index (κ2) is 9.37. The van der Waals surface area contributed by atoms with Crippen molar-refractivity contribution in [2.24, 2.45) is 16.7 Å². The van der Waals surface area contributed by atoms with Crippen molar-refractivity contribution in [1.82, 2.24) is 10.2 Å². The van der Waals surface area contributed by atoms with Gasteiger partial charge in [0.15, 0.2) is 0 Å². The molecular formula is C28H45N3O. The van der Waals surface area contributed by atoms with E-state index >= 15 is 0 Å². The Bertz CT molecular complexity index is 764. The summed E-state index contributed by atoms with van der Waals surface area (Å²) in [5.41, 5.74) is 2.37. The van der Waals surface area contributed by atoms with Crippen molar-refractivity contribution >= 4 is 11.6 Å². The van der Waals surface area contributed by atoms with Crippen molar-refractivity contribution in [2.75, 3.05) is 31.1 Å². The molecule has 3 aliphatic rings. The number of anilines is 1. The standard InChI is InChI=1S/C28H45N3O/c1-6-7-8-10-21-11-9-16-30(17-21)24-18-31(19-24)23-14-12-22(13-15-23)25(32)29-26-27(2,3)20-28(26,4)5/h12-15,21,24,26H,6-11,16-20H2,1-5H3,(H,29,32). The number of nitrogens with one attached hydrogen (secondary N) is 1. The predicted octanol–water partition coefficient (Wildman–Crippen LogP) is 5.72. The highest BCUT2D eigenvalue weighted by Gasteiger charge is 2.53. The third-order valence-electron chi connectivity index (χ3n) is 8.39. The number of rotatable bonds is 8. The SMILES string of the molecule is CCCCCC1CCCN(C2CN(c3ccc(C(=O)NC4C(C)(C)CC4(C)C)cc3)C2)C1. The maximum Gasteiger partial charge on any atom is 0.251 e. The molecule has 2 heterocycles. The van der Waals surface area contributed by atoms with E-state index < -0.39 is 0 Å². The van der Waals surface area contributed by atoms with E-state index in [0.717, 1.165) is 31.0 Å². The molecule has 178 valence electrons. The third kappa shape index (κ3) is 5.00. The van der Waals surface area contributed by atoms with E-state index in [1.807, 2.05) is 12.1 Å². The minimum atomic E-state index is 0.0614. The van der Waals surface area contributed by atoms with E-state index in [9.17, 15) is 4.79 Å². The molecule has 32 heavy (non-hydrogen) atoms. The highest BCUT2D eigenvalue weighted by Crippen LogP contribution is 2.53. The van der Waals surface area contributed by atoms with Gasteiger partial charge in [-0.05, 0) is 73.2 Å². The van der Waals surface area contributed by atoms with Gasteiger partial charge in [0.1, 0.15) is 0 Å². The van der Waals surface area contributed by atoms with Crippen LogP contribution in [-0.4, -0.2) is 49.1 Å². The molecule has 4 nitrogen and oxygen atoms in total. The molecule has 1 aromatic carbocycles. The molecule has 4 heteroatoms. The van der Waals surface area contributed by atoms with Gasteiger partial charge in [0.05, 0.1) is 0 Å². The average Bonchev–Trinajstić information content (AvgIpc) is 2.71. The molecule has 2 saturated heterocycles. The molecule has 1 unspecified atom stereocenters. The average molecular weight is 440 g/mol. The Hall–Kier alpha value is -1.55. The molecule has 4 rings (SSSR count). The lowest BCUT2D eigenvalue weighted by molar-refractivity contribution is -0.0366. The van der Waals surface area contributed by atoms with Crippen LogP contribution in [0.1, 0.15) is 89.9 Å². The van der Waals surface area contributed by atoms with Crippen LogP contribution in [0, 0.1) is 16.7 Å². The van der Waals surface area contributed by atoms with Gasteiger partial charge in [-0.15, -0.1) is 0 Å². The van der Waals surface area contributed by atoms with Crippen molar-refractivity contribution in [2.45, 2.75) is 91.6 Å². The fourth-order valence-electron chi connectivity index (χ4n) is 6.98. The summed E-state index contributed by atoms with van der Waals surface area (Å²) < 4.78 is 0. The highest BCUT2D eigenvalue weighted by molar-refractivity contribution is 5.95. The number of hydrogen-bond donors (Lipinski definition) is 1. The molecular weight excluding hydrogens is 394 g/mol. The maximum absolute atomic E-state index is 12.8. The minimum absolute atomic E-state index is 0.0614. The van der Waals surface area contributed by atoms with Crippen molar-refractivity contribution in [3.63, 3.8) is 0 Å². The molecule has 0 radical (unpaired) electrons. The zero-order valence-corrected chi connectivity index (χ0v) is 21.1. The predicted molar refractivity (Wildman–Crippen MR) is 134 cm³/mol. The third-order valence-corrected chi connectivity index (χ3v) is 8.39. The Labute approximate surface area is 196 Å². The summed E-state index contributed by atoms with van der Waals surface area (Å²) in [7, 11) is 0. The molecule has 1 atom stereocenters. The number of carbonyl (C=O) groups excluding carboxylic acids is 1. The summed E-state index contributed by atoms with van der Waals surface area (Å²) in [5.74, 6) is 0.971. The van der Waals surface area contributed by atoms with Crippen LogP contribution in [0.2, 0.25) is 0 Å². The van der Waals surface area contributed by atoms with Gasteiger partial charge < -0.3 is 10.2 Å². The fraction of sp³-hybridized carbons (Fsp3) is 0.750. The van der Waals surface area contributed by atoms with Gasteiger partial charge in [-0.3, -0.25) is 9.69 Å². The first-order valence-corrected chi connectivity index (χ1v) is 13.1. The lowest BCUT2D eigenvalue weighted by Gasteiger charge is -2.57. The molecule has 1 N–H and O–H groups in total. The van der Waals surface area contributed by atoms with E-state index in [0.29, 0.717) is 6.04 Å². The smallest absolute Gasteiger partial charge is 0.251 e. The summed E-state index contributed by atoms with van der Waals surface area (Å²) in [6.45, 7) is 16.1. The van der Waals surface area contributed by atoms with Gasteiger partial charge in [-0.2, -0.15) is 0 Å². The summed E-state index contributed by atoms with van der Waals surface area (Å²) in [6.07, 6.45) is 9.47. The topological polar surface area (TPSA) is 35.6 Å². The monoisotopic (exact) mass is 439 g/mol. The van der Waals surface area contributed by atoms with Crippen LogP contribution in [0.25, 0.3) is 0 Å². The summed E-state index contributed by atoms with van der Waals surface area (Å²) in [6, 6.07) is 9.20. The van der Waals surface area contributed by atoms with Gasteiger partial charge in [0, 0.05) is 43.0 Å². The minimum Gasteiger partial charge on any atom is -0.368 e. The summed E-state index contributed by atoms with van der Waals surface area (Å²) in [5, 5.41) is 3.30. The highest BCUT2D eigenvalue weighted by atomic mass is 16.1. The van der Waals surface area contributed by atoms with E-state index in [2.05, 4.69) is 61.9 Å². The maximum atomic E-state index is 12.8. The van der Waals surface area contributed by atoms with Crippen molar-refractivity contribution in [3.05, 3.63) is 29.8 Å². The Morgan fingerprint density at radius 3 is 2.34 bits per heavy atom. The van der Waals surface area contributed by atoms with E-state index in [1.165, 1.54) is 57.3 Å². The molecule has 0 aromatic heterocycles. The first-order valence-electron chi connectivity index (χ1n) is 13.1. The second-order valence-electron chi connectivity index (χ2n) is 12.2. The van der Waals surface area contributed by atoms with Crippen molar-refractivity contribution < 1.29 is 4.79 Å². The molecule has 1 aliphatic carbocycles. The van der Waals surface area contributed by atoms with Crippen LogP contribution in [0.15, 0.2) is 24.3 Å². The Morgan fingerprint density at radius 1 is 1.03 bits per heavy atom. The number of carbonyl (C=O) groups is 1. The molecule has 1 saturated carbocycles. The zero-order chi connectivity index (χ0) is 22.9. The molecule has 0 spiro atoms. The Morgan fingerprint density at radius 2 is 1.72 bits per heavy atom. The number of likely N-dealkylation sites (tertiary alicyclic amines) is 1. The van der Waals surface area contributed by atoms with Gasteiger partial charge >= 0.3 is 0 Å². The molecule has 1 aromatic rings. The second-order valence-corrected chi connectivity index (χ2v) is 12.2. The number of piperidine rings is 1. The van der Waals surface area contributed by atoms with Crippen LogP contribution in [-0.2, 0) is 0 Å². The molecule has 3 fully saturated rings. The Kier molecular flexibility index (Phi) is 6.91. The molecule has 2 aliphatic heterocycles. The van der Waals surface area contributed by atoms with Crippen LogP contribution < -0.4 is 10.2 Å². The molecule has 0 bridgehead atoms. The van der Waals surface area contributed by atoms with Crippen molar-refractivity contribution in [3.8, 4) is 0 Å². The Balaban J connectivity index is 1.25. The normalized spacial score (nSPS) is 25.8. The van der Waals surface area contributed by atoms with Crippen LogP contribution in [0.5, 0.6) is 0 Å². The lowest BCUT2D eigenvalue weighted by atomic mass is 9.52. The van der Waals surface area contributed by atoms with Gasteiger partial charge in [0.25, 0.3) is 5.91 Å². The van der Waals surface area contributed by atoms with E-state index in [1.54, 1.807) is 0 Å². The largest absolute Gasteiger partial charge is 0.368 e. The van der Waals surface area contributed by atoms with Crippen LogP contribution >= 0.6 is 0 Å². The van der Waals surface area contributed by atoms with Crippen LogP contribution in [0.3, 0.4) is 0 Å². The fourth-order valence-corrected chi connectivity index (χ4v) is 6.98. The summed E-state index contributed by atoms with van der Waals surface area (Å²) in [4.78, 5) is 18.1. The van der Waals surface area contributed by atoms with Gasteiger partial charge in [-0.1, -0.05) is 53.9 Å². The number of benzene rings is 1. The number of amides is 1. The van der Waals surface area contributed by atoms with Gasteiger partial charge in [-0.25, -0.2) is 0 Å². The lowest BCUT2D eigenvalue weighted by Crippen LogP contribution is -2.63. The number of hydrogen-bond acceptors (Lipinski definition) is 3. The number of nitrogens with zero attached hydrogens (tertiary/aromatic N) is 2. The first kappa shape index (κ1) is 23.6. The quantitative estimate of drug-likeness (QED) is 0.526. The van der Waals surface area contributed by atoms with E-state index in [4.69, 9.17) is 0 Å². The van der Waals surface area contributed by atoms with E-state index in [-0.39, 0.29) is 22.8 Å². The summed E-state index contributed by atoms with van der Waals surface area (Å²) >= 11 is 0. The van der Waals surface area contributed by atoms with Crippen LogP contribution in [0.4, 0.5) is 5.69 Å². The van der Waals surface area contributed by atoms with Gasteiger partial charge in [0.2, 0.25) is 0 Å².